The second kappa shape index (κ2) is 6.25. The van der Waals surface area contributed by atoms with E-state index in [2.05, 4.69) is 14.1 Å². The summed E-state index contributed by atoms with van der Waals surface area (Å²) in [5, 5.41) is 11.4. The predicted molar refractivity (Wildman–Crippen MR) is 88.6 cm³/mol. The van der Waals surface area contributed by atoms with Crippen LogP contribution in [-0.2, 0) is 15.1 Å². The van der Waals surface area contributed by atoms with Crippen molar-refractivity contribution in [2.75, 3.05) is 27.2 Å². The number of benzene rings is 1. The number of hydrogen-bond acceptors (Lipinski definition) is 3. The summed E-state index contributed by atoms with van der Waals surface area (Å²) in [5.74, 6) is -0.496. The number of ether oxygens (including phenoxy) is 1. The lowest BCUT2D eigenvalue weighted by molar-refractivity contribution is -0.879. The van der Waals surface area contributed by atoms with E-state index in [0.29, 0.717) is 5.56 Å². The van der Waals surface area contributed by atoms with Crippen LogP contribution in [0.2, 0.25) is 0 Å². The van der Waals surface area contributed by atoms with Crippen molar-refractivity contribution in [3.8, 4) is 0 Å². The van der Waals surface area contributed by atoms with E-state index in [1.165, 1.54) is 0 Å². The molecule has 0 radical (unpaired) electrons. The summed E-state index contributed by atoms with van der Waals surface area (Å²) in [5.41, 5.74) is -0.832. The second-order valence-corrected chi connectivity index (χ2v) is 7.77. The fourth-order valence-electron chi connectivity index (χ4n) is 4.12. The third kappa shape index (κ3) is 3.29. The zero-order valence-corrected chi connectivity index (χ0v) is 14.2. The van der Waals surface area contributed by atoms with Crippen molar-refractivity contribution < 1.29 is 19.1 Å². The number of esters is 1. The molecule has 2 fully saturated rings. The molecule has 23 heavy (non-hydrogen) atoms. The van der Waals surface area contributed by atoms with Gasteiger partial charge in [0.15, 0.2) is 11.7 Å². The zero-order valence-electron chi connectivity index (χ0n) is 14.2. The van der Waals surface area contributed by atoms with Gasteiger partial charge >= 0.3 is 5.97 Å². The lowest BCUT2D eigenvalue weighted by Crippen LogP contribution is -2.46. The molecule has 4 nitrogen and oxygen atoms in total. The summed E-state index contributed by atoms with van der Waals surface area (Å²) in [6.45, 7) is 1.83. The van der Waals surface area contributed by atoms with E-state index < -0.39 is 11.6 Å². The highest BCUT2D eigenvalue weighted by atomic mass is 16.6. The maximum atomic E-state index is 12.9. The van der Waals surface area contributed by atoms with Crippen LogP contribution >= 0.6 is 0 Å². The van der Waals surface area contributed by atoms with Crippen LogP contribution in [0.1, 0.15) is 37.7 Å². The minimum Gasteiger partial charge on any atom is -0.454 e. The number of carbonyl (C=O) groups is 1. The number of likely N-dealkylation sites (N-methyl/N-ethyl adjacent to an activating group) is 1. The van der Waals surface area contributed by atoms with Gasteiger partial charge in [0, 0.05) is 12.3 Å². The maximum Gasteiger partial charge on any atom is 0.343 e. The average Bonchev–Trinajstić information content (AvgIpc) is 3.17. The van der Waals surface area contributed by atoms with Crippen molar-refractivity contribution in [2.24, 2.45) is 5.92 Å². The largest absolute Gasteiger partial charge is 0.454 e. The van der Waals surface area contributed by atoms with Crippen molar-refractivity contribution in [1.82, 2.24) is 0 Å². The molecule has 1 aliphatic carbocycles. The van der Waals surface area contributed by atoms with Gasteiger partial charge in [0.05, 0.1) is 20.6 Å². The van der Waals surface area contributed by atoms with Gasteiger partial charge in [0.1, 0.15) is 6.54 Å². The Morgan fingerprint density at radius 2 is 1.83 bits per heavy atom. The van der Waals surface area contributed by atoms with Crippen LogP contribution in [-0.4, -0.2) is 48.8 Å². The Labute approximate surface area is 138 Å². The molecule has 1 unspecified atom stereocenters. The molecule has 1 saturated carbocycles. The average molecular weight is 318 g/mol. The highest BCUT2D eigenvalue weighted by Crippen LogP contribution is 2.42. The molecule has 1 heterocycles. The third-order valence-electron chi connectivity index (χ3n) is 5.50. The van der Waals surface area contributed by atoms with Crippen molar-refractivity contribution in [1.29, 1.82) is 0 Å². The van der Waals surface area contributed by atoms with E-state index in [-0.39, 0.29) is 12.0 Å². The maximum absolute atomic E-state index is 12.9. The molecule has 0 spiro atoms. The summed E-state index contributed by atoms with van der Waals surface area (Å²) in [7, 11) is 4.29. The monoisotopic (exact) mass is 318 g/mol. The van der Waals surface area contributed by atoms with Crippen LogP contribution in [0.4, 0.5) is 0 Å². The zero-order chi connectivity index (χ0) is 16.5. The van der Waals surface area contributed by atoms with Crippen LogP contribution < -0.4 is 0 Å². The first-order chi connectivity index (χ1) is 10.9. The molecule has 1 N–H and O–H groups in total. The van der Waals surface area contributed by atoms with Gasteiger partial charge in [-0.1, -0.05) is 43.2 Å². The van der Waals surface area contributed by atoms with Crippen molar-refractivity contribution >= 4 is 5.97 Å². The lowest BCUT2D eigenvalue weighted by atomic mass is 9.80. The molecule has 3 rings (SSSR count). The van der Waals surface area contributed by atoms with Crippen LogP contribution in [0.15, 0.2) is 30.3 Å². The smallest absolute Gasteiger partial charge is 0.343 e. The molecule has 1 aliphatic heterocycles. The highest BCUT2D eigenvalue weighted by molar-refractivity contribution is 5.81. The van der Waals surface area contributed by atoms with Gasteiger partial charge in [-0.3, -0.25) is 0 Å². The van der Waals surface area contributed by atoms with Gasteiger partial charge in [0.25, 0.3) is 0 Å². The number of aliphatic hydroxyl groups is 1. The first-order valence-corrected chi connectivity index (χ1v) is 8.73. The summed E-state index contributed by atoms with van der Waals surface area (Å²) >= 11 is 0. The van der Waals surface area contributed by atoms with Gasteiger partial charge in [-0.05, 0) is 18.4 Å². The molecule has 2 atom stereocenters. The first-order valence-electron chi connectivity index (χ1n) is 8.73. The first kappa shape index (κ1) is 16.5. The Morgan fingerprint density at radius 1 is 1.17 bits per heavy atom. The Hall–Kier alpha value is -1.39. The molecule has 0 amide bonds. The lowest BCUT2D eigenvalue weighted by Gasteiger charge is -2.33. The standard InChI is InChI=1S/C19H28NO3/c1-20(2)13-12-17(14-20)23-18(21)19(22,16-10-6-7-11-16)15-8-4-3-5-9-15/h3-5,8-9,16-17,22H,6-7,10-14H2,1-2H3/q+1/t17?,19-/m1/s1. The summed E-state index contributed by atoms with van der Waals surface area (Å²) in [6, 6.07) is 9.33. The fraction of sp³-hybridized carbons (Fsp3) is 0.632. The Morgan fingerprint density at radius 3 is 2.39 bits per heavy atom. The quantitative estimate of drug-likeness (QED) is 0.685. The second-order valence-electron chi connectivity index (χ2n) is 7.77. The summed E-state index contributed by atoms with van der Waals surface area (Å²) < 4.78 is 6.64. The molecule has 1 saturated heterocycles. The van der Waals surface area contributed by atoms with Gasteiger partial charge in [-0.25, -0.2) is 4.79 Å². The van der Waals surface area contributed by atoms with Crippen LogP contribution in [0.3, 0.4) is 0 Å². The van der Waals surface area contributed by atoms with E-state index in [4.69, 9.17) is 4.74 Å². The minimum absolute atomic E-state index is 0.0405. The molecule has 0 aromatic heterocycles. The number of hydrogen-bond donors (Lipinski definition) is 1. The highest BCUT2D eigenvalue weighted by Gasteiger charge is 2.49. The van der Waals surface area contributed by atoms with Gasteiger partial charge in [0.2, 0.25) is 0 Å². The Bertz CT molecular complexity index is 551. The van der Waals surface area contributed by atoms with Gasteiger partial charge in [-0.15, -0.1) is 0 Å². The number of rotatable bonds is 4. The van der Waals surface area contributed by atoms with E-state index in [1.54, 1.807) is 0 Å². The molecule has 1 aromatic rings. The van der Waals surface area contributed by atoms with E-state index in [0.717, 1.165) is 49.7 Å². The molecule has 126 valence electrons. The van der Waals surface area contributed by atoms with Crippen molar-refractivity contribution in [3.05, 3.63) is 35.9 Å². The normalized spacial score (nSPS) is 26.8. The third-order valence-corrected chi connectivity index (χ3v) is 5.50. The summed E-state index contributed by atoms with van der Waals surface area (Å²) in [6.07, 6.45) is 4.68. The number of carbonyl (C=O) groups excluding carboxylic acids is 1. The van der Waals surface area contributed by atoms with Gasteiger partial charge in [-0.2, -0.15) is 0 Å². The van der Waals surface area contributed by atoms with Crippen molar-refractivity contribution in [3.63, 3.8) is 0 Å². The molecule has 0 bridgehead atoms. The van der Waals surface area contributed by atoms with Gasteiger partial charge < -0.3 is 14.3 Å². The minimum atomic E-state index is -1.50. The number of nitrogens with zero attached hydrogens (tertiary/aromatic N) is 1. The Balaban J connectivity index is 1.82. The number of quaternary nitrogens is 1. The molecule has 1 aromatic carbocycles. The predicted octanol–water partition coefficient (Wildman–Crippen LogP) is 2.46. The molecular formula is C19H28NO3+. The van der Waals surface area contributed by atoms with E-state index in [9.17, 15) is 9.90 Å². The molecule has 2 aliphatic rings. The Kier molecular flexibility index (Phi) is 4.47. The van der Waals surface area contributed by atoms with Crippen LogP contribution in [0, 0.1) is 5.92 Å². The van der Waals surface area contributed by atoms with E-state index >= 15 is 0 Å². The molecular weight excluding hydrogens is 290 g/mol. The molecule has 4 heteroatoms. The topological polar surface area (TPSA) is 46.5 Å². The SMILES string of the molecule is C[N+]1(C)CCC(OC(=O)[C@@](O)(c2ccccc2)C2CCCC2)C1. The fourth-order valence-corrected chi connectivity index (χ4v) is 4.12. The van der Waals surface area contributed by atoms with E-state index in [1.807, 2.05) is 30.3 Å². The van der Waals surface area contributed by atoms with Crippen LogP contribution in [0.5, 0.6) is 0 Å². The summed E-state index contributed by atoms with van der Waals surface area (Å²) in [4.78, 5) is 12.9. The van der Waals surface area contributed by atoms with Crippen LogP contribution in [0.25, 0.3) is 0 Å². The van der Waals surface area contributed by atoms with Crippen molar-refractivity contribution in [2.45, 2.75) is 43.8 Å². The number of likely N-dealkylation sites (tertiary alicyclic amines) is 1.